The molecule has 0 aromatic rings. The van der Waals surface area contributed by atoms with Crippen LogP contribution in [0.25, 0.3) is 0 Å². The van der Waals surface area contributed by atoms with Gasteiger partial charge in [0.15, 0.2) is 0 Å². The molecular formula is C12H21FO. The van der Waals surface area contributed by atoms with Crippen molar-refractivity contribution in [2.24, 2.45) is 17.8 Å². The van der Waals surface area contributed by atoms with Gasteiger partial charge in [0.2, 0.25) is 0 Å². The van der Waals surface area contributed by atoms with Crippen LogP contribution in [0.4, 0.5) is 4.39 Å². The Morgan fingerprint density at radius 2 is 2.21 bits per heavy atom. The first-order chi connectivity index (χ1) is 6.65. The van der Waals surface area contributed by atoms with Crippen molar-refractivity contribution in [3.63, 3.8) is 0 Å². The van der Waals surface area contributed by atoms with Crippen LogP contribution in [0.2, 0.25) is 0 Å². The fourth-order valence-corrected chi connectivity index (χ4v) is 2.35. The Balaban J connectivity index is 2.42. The van der Waals surface area contributed by atoms with Gasteiger partial charge in [-0.25, -0.2) is 0 Å². The van der Waals surface area contributed by atoms with Gasteiger partial charge >= 0.3 is 0 Å². The summed E-state index contributed by atoms with van der Waals surface area (Å²) >= 11 is 0. The molecule has 0 bridgehead atoms. The average molecular weight is 200 g/mol. The van der Waals surface area contributed by atoms with Gasteiger partial charge in [-0.05, 0) is 37.5 Å². The van der Waals surface area contributed by atoms with Crippen molar-refractivity contribution in [1.29, 1.82) is 0 Å². The van der Waals surface area contributed by atoms with E-state index in [0.717, 1.165) is 25.7 Å². The lowest BCUT2D eigenvalue weighted by atomic mass is 9.74. The SMILES string of the molecule is CC(C)C1CCC(=O)C(CCCF)C1. The minimum atomic E-state index is -0.282. The Hall–Kier alpha value is -0.400. The van der Waals surface area contributed by atoms with E-state index in [2.05, 4.69) is 13.8 Å². The molecule has 2 atom stereocenters. The molecule has 1 nitrogen and oxygen atoms in total. The first kappa shape index (κ1) is 11.7. The minimum absolute atomic E-state index is 0.159. The standard InChI is InChI=1S/C12H21FO/c1-9(2)10-5-6-12(14)11(8-10)4-3-7-13/h9-11H,3-8H2,1-2H3. The number of carbonyl (C=O) groups excluding carboxylic acids is 1. The lowest BCUT2D eigenvalue weighted by molar-refractivity contribution is -0.126. The van der Waals surface area contributed by atoms with E-state index >= 15 is 0 Å². The third-order valence-corrected chi connectivity index (χ3v) is 3.43. The molecule has 82 valence electrons. The summed E-state index contributed by atoms with van der Waals surface area (Å²) in [5, 5.41) is 0. The quantitative estimate of drug-likeness (QED) is 0.680. The first-order valence-electron chi connectivity index (χ1n) is 5.73. The maximum absolute atomic E-state index is 12.0. The van der Waals surface area contributed by atoms with Crippen LogP contribution in [0.5, 0.6) is 0 Å². The Kier molecular flexibility index (Phi) is 4.56. The highest BCUT2D eigenvalue weighted by atomic mass is 19.1. The van der Waals surface area contributed by atoms with Crippen molar-refractivity contribution in [3.05, 3.63) is 0 Å². The zero-order valence-corrected chi connectivity index (χ0v) is 9.26. The van der Waals surface area contributed by atoms with Crippen LogP contribution in [0.3, 0.4) is 0 Å². The van der Waals surface area contributed by atoms with E-state index in [1.807, 2.05) is 0 Å². The Morgan fingerprint density at radius 3 is 2.79 bits per heavy atom. The molecule has 0 N–H and O–H groups in total. The summed E-state index contributed by atoms with van der Waals surface area (Å²) in [7, 11) is 0. The molecule has 1 aliphatic rings. The fourth-order valence-electron chi connectivity index (χ4n) is 2.35. The molecule has 0 radical (unpaired) electrons. The van der Waals surface area contributed by atoms with Gasteiger partial charge in [-0.1, -0.05) is 13.8 Å². The van der Waals surface area contributed by atoms with E-state index in [9.17, 15) is 9.18 Å². The second-order valence-electron chi connectivity index (χ2n) is 4.77. The van der Waals surface area contributed by atoms with E-state index in [-0.39, 0.29) is 12.6 Å². The number of hydrogen-bond donors (Lipinski definition) is 0. The van der Waals surface area contributed by atoms with Crippen molar-refractivity contribution >= 4 is 5.78 Å². The molecule has 0 aromatic heterocycles. The minimum Gasteiger partial charge on any atom is -0.299 e. The molecule has 1 saturated carbocycles. The van der Waals surface area contributed by atoms with E-state index in [1.165, 1.54) is 0 Å². The summed E-state index contributed by atoms with van der Waals surface area (Å²) in [6, 6.07) is 0. The van der Waals surface area contributed by atoms with Crippen LogP contribution in [-0.2, 0) is 4.79 Å². The molecule has 0 aromatic carbocycles. The Labute approximate surface area is 86.1 Å². The number of Topliss-reactive ketones (excluding diaryl/α,β-unsaturated/α-hetero) is 1. The lowest BCUT2D eigenvalue weighted by Crippen LogP contribution is -2.27. The predicted octanol–water partition coefficient (Wildman–Crippen LogP) is 3.38. The van der Waals surface area contributed by atoms with Gasteiger partial charge in [-0.2, -0.15) is 0 Å². The number of alkyl halides is 1. The summed E-state index contributed by atoms with van der Waals surface area (Å²) in [4.78, 5) is 11.5. The van der Waals surface area contributed by atoms with Gasteiger partial charge in [-0.3, -0.25) is 9.18 Å². The average Bonchev–Trinajstić information content (AvgIpc) is 2.16. The highest BCUT2D eigenvalue weighted by Crippen LogP contribution is 2.33. The number of rotatable bonds is 4. The highest BCUT2D eigenvalue weighted by molar-refractivity contribution is 5.81. The van der Waals surface area contributed by atoms with Crippen molar-refractivity contribution < 1.29 is 9.18 Å². The van der Waals surface area contributed by atoms with Gasteiger partial charge in [-0.15, -0.1) is 0 Å². The van der Waals surface area contributed by atoms with Gasteiger partial charge in [0.25, 0.3) is 0 Å². The molecular weight excluding hydrogens is 179 g/mol. The van der Waals surface area contributed by atoms with Gasteiger partial charge < -0.3 is 0 Å². The monoisotopic (exact) mass is 200 g/mol. The Morgan fingerprint density at radius 1 is 1.50 bits per heavy atom. The van der Waals surface area contributed by atoms with Gasteiger partial charge in [0.05, 0.1) is 6.67 Å². The third-order valence-electron chi connectivity index (χ3n) is 3.43. The first-order valence-corrected chi connectivity index (χ1v) is 5.73. The second-order valence-corrected chi connectivity index (χ2v) is 4.77. The summed E-state index contributed by atoms with van der Waals surface area (Å²) < 4.78 is 12.0. The molecule has 0 heterocycles. The van der Waals surface area contributed by atoms with Crippen LogP contribution in [0.15, 0.2) is 0 Å². The van der Waals surface area contributed by atoms with Crippen molar-refractivity contribution in [1.82, 2.24) is 0 Å². The molecule has 1 rings (SSSR count). The number of hydrogen-bond acceptors (Lipinski definition) is 1. The summed E-state index contributed by atoms with van der Waals surface area (Å²) in [6.45, 7) is 4.15. The molecule has 0 aliphatic heterocycles. The normalized spacial score (nSPS) is 28.4. The Bertz CT molecular complexity index is 189. The third kappa shape index (κ3) is 3.07. The topological polar surface area (TPSA) is 17.1 Å². The molecule has 2 unspecified atom stereocenters. The van der Waals surface area contributed by atoms with E-state index in [4.69, 9.17) is 0 Å². The number of halogens is 1. The zero-order chi connectivity index (χ0) is 10.6. The molecule has 1 aliphatic carbocycles. The summed E-state index contributed by atoms with van der Waals surface area (Å²) in [5.41, 5.74) is 0. The van der Waals surface area contributed by atoms with Crippen molar-refractivity contribution in [2.75, 3.05) is 6.67 Å². The van der Waals surface area contributed by atoms with Crippen LogP contribution in [0.1, 0.15) is 46.0 Å². The molecule has 0 spiro atoms. The second kappa shape index (κ2) is 5.47. The predicted molar refractivity (Wildman–Crippen MR) is 55.9 cm³/mol. The maximum Gasteiger partial charge on any atom is 0.135 e. The fraction of sp³-hybridized carbons (Fsp3) is 0.917. The smallest absolute Gasteiger partial charge is 0.135 e. The molecule has 2 heteroatoms. The zero-order valence-electron chi connectivity index (χ0n) is 9.26. The largest absolute Gasteiger partial charge is 0.299 e. The van der Waals surface area contributed by atoms with E-state index in [1.54, 1.807) is 0 Å². The lowest BCUT2D eigenvalue weighted by Gasteiger charge is -2.30. The van der Waals surface area contributed by atoms with Gasteiger partial charge in [0, 0.05) is 12.3 Å². The van der Waals surface area contributed by atoms with Crippen LogP contribution in [-0.4, -0.2) is 12.5 Å². The number of carbonyl (C=O) groups is 1. The van der Waals surface area contributed by atoms with Crippen LogP contribution < -0.4 is 0 Å². The van der Waals surface area contributed by atoms with E-state index in [0.29, 0.717) is 24.0 Å². The van der Waals surface area contributed by atoms with E-state index < -0.39 is 0 Å². The molecule has 0 saturated heterocycles. The maximum atomic E-state index is 12.0. The van der Waals surface area contributed by atoms with Crippen molar-refractivity contribution in [2.45, 2.75) is 46.0 Å². The van der Waals surface area contributed by atoms with Gasteiger partial charge in [0.1, 0.15) is 5.78 Å². The summed E-state index contributed by atoms with van der Waals surface area (Å²) in [5.74, 6) is 1.87. The highest BCUT2D eigenvalue weighted by Gasteiger charge is 2.29. The molecule has 14 heavy (non-hydrogen) atoms. The molecule has 0 amide bonds. The number of ketones is 1. The molecule has 1 fully saturated rings. The van der Waals surface area contributed by atoms with Crippen LogP contribution in [0, 0.1) is 17.8 Å². The van der Waals surface area contributed by atoms with Crippen molar-refractivity contribution in [3.8, 4) is 0 Å². The summed E-state index contributed by atoms with van der Waals surface area (Å²) in [6.07, 6.45) is 4.08. The van der Waals surface area contributed by atoms with Crippen LogP contribution >= 0.6 is 0 Å².